The number of carbonyl (C=O) groups excluding carboxylic acids is 1. The second kappa shape index (κ2) is 7.37. The first kappa shape index (κ1) is 17.5. The van der Waals surface area contributed by atoms with Gasteiger partial charge >= 0.3 is 5.97 Å². The number of aromatic nitrogens is 2. The first-order chi connectivity index (χ1) is 12.7. The lowest BCUT2D eigenvalue weighted by Crippen LogP contribution is -2.39. The number of nitrogens with one attached hydrogen (secondary N) is 1. The van der Waals surface area contributed by atoms with Gasteiger partial charge in [0.1, 0.15) is 0 Å². The summed E-state index contributed by atoms with van der Waals surface area (Å²) >= 11 is 0. The third kappa shape index (κ3) is 3.12. The SMILES string of the molecule is CCOC(=O)c1ncc2[nH]c3c(c2c1C)C(CN1CCOCC1)CCC3. The molecule has 1 fully saturated rings. The average molecular weight is 357 g/mol. The summed E-state index contributed by atoms with van der Waals surface area (Å²) in [7, 11) is 0. The Kier molecular flexibility index (Phi) is 4.96. The predicted octanol–water partition coefficient (Wildman–Crippen LogP) is 2.80. The molecule has 4 rings (SSSR count). The smallest absolute Gasteiger partial charge is 0.357 e. The second-order valence-electron chi connectivity index (χ2n) is 7.26. The molecule has 1 aliphatic heterocycles. The maximum absolute atomic E-state index is 12.3. The summed E-state index contributed by atoms with van der Waals surface area (Å²) in [5, 5.41) is 1.18. The van der Waals surface area contributed by atoms with Crippen LogP contribution in [0.2, 0.25) is 0 Å². The van der Waals surface area contributed by atoms with E-state index in [-0.39, 0.29) is 5.97 Å². The van der Waals surface area contributed by atoms with Gasteiger partial charge < -0.3 is 14.5 Å². The number of nitrogens with zero attached hydrogens (tertiary/aromatic N) is 2. The van der Waals surface area contributed by atoms with E-state index in [0.29, 0.717) is 18.2 Å². The van der Waals surface area contributed by atoms with Gasteiger partial charge in [0.15, 0.2) is 5.69 Å². The quantitative estimate of drug-likeness (QED) is 0.852. The van der Waals surface area contributed by atoms with Crippen molar-refractivity contribution in [3.8, 4) is 0 Å². The molecule has 0 saturated carbocycles. The Morgan fingerprint density at radius 2 is 2.23 bits per heavy atom. The average Bonchev–Trinajstić information content (AvgIpc) is 3.03. The van der Waals surface area contributed by atoms with Crippen molar-refractivity contribution in [1.82, 2.24) is 14.9 Å². The monoisotopic (exact) mass is 357 g/mol. The van der Waals surface area contributed by atoms with Crippen LogP contribution in [-0.4, -0.2) is 60.3 Å². The van der Waals surface area contributed by atoms with Crippen LogP contribution in [0.5, 0.6) is 0 Å². The van der Waals surface area contributed by atoms with Crippen LogP contribution < -0.4 is 0 Å². The fraction of sp³-hybridized carbons (Fsp3) is 0.600. The Morgan fingerprint density at radius 3 is 3.00 bits per heavy atom. The molecule has 2 aromatic rings. The molecule has 1 unspecified atom stereocenters. The maximum atomic E-state index is 12.3. The molecule has 1 atom stereocenters. The van der Waals surface area contributed by atoms with Crippen LogP contribution in [0.15, 0.2) is 6.20 Å². The van der Waals surface area contributed by atoms with Crippen LogP contribution in [-0.2, 0) is 15.9 Å². The topological polar surface area (TPSA) is 67.5 Å². The molecule has 1 saturated heterocycles. The normalized spacial score (nSPS) is 20.9. The zero-order valence-corrected chi connectivity index (χ0v) is 15.6. The minimum absolute atomic E-state index is 0.331. The molecule has 0 aromatic carbocycles. The highest BCUT2D eigenvalue weighted by Gasteiger charge is 2.29. The number of hydrogen-bond acceptors (Lipinski definition) is 5. The summed E-state index contributed by atoms with van der Waals surface area (Å²) < 4.78 is 10.7. The fourth-order valence-corrected chi connectivity index (χ4v) is 4.43. The number of morpholine rings is 1. The highest BCUT2D eigenvalue weighted by Crippen LogP contribution is 2.39. The lowest BCUT2D eigenvalue weighted by molar-refractivity contribution is 0.0343. The van der Waals surface area contributed by atoms with Gasteiger partial charge in [-0.15, -0.1) is 0 Å². The number of esters is 1. The molecule has 1 N–H and O–H groups in total. The van der Waals surface area contributed by atoms with Crippen molar-refractivity contribution in [3.63, 3.8) is 0 Å². The summed E-state index contributed by atoms with van der Waals surface area (Å²) in [5.41, 5.74) is 5.12. The third-order valence-electron chi connectivity index (χ3n) is 5.64. The van der Waals surface area contributed by atoms with Gasteiger partial charge in [0.2, 0.25) is 0 Å². The van der Waals surface area contributed by atoms with Crippen LogP contribution in [0.3, 0.4) is 0 Å². The molecule has 0 bridgehead atoms. The highest BCUT2D eigenvalue weighted by molar-refractivity contribution is 5.97. The number of rotatable bonds is 4. The van der Waals surface area contributed by atoms with Gasteiger partial charge in [-0.25, -0.2) is 9.78 Å². The fourth-order valence-electron chi connectivity index (χ4n) is 4.43. The van der Waals surface area contributed by atoms with Crippen molar-refractivity contribution in [1.29, 1.82) is 0 Å². The molecule has 0 radical (unpaired) electrons. The summed E-state index contributed by atoms with van der Waals surface area (Å²) in [4.78, 5) is 22.7. The van der Waals surface area contributed by atoms with Crippen molar-refractivity contribution in [2.75, 3.05) is 39.5 Å². The number of aryl methyl sites for hydroxylation is 2. The van der Waals surface area contributed by atoms with E-state index in [4.69, 9.17) is 9.47 Å². The number of pyridine rings is 1. The third-order valence-corrected chi connectivity index (χ3v) is 5.64. The van der Waals surface area contributed by atoms with Gasteiger partial charge in [0.25, 0.3) is 0 Å². The predicted molar refractivity (Wildman–Crippen MR) is 99.7 cm³/mol. The van der Waals surface area contributed by atoms with Gasteiger partial charge in [-0.05, 0) is 50.2 Å². The molecule has 2 aliphatic rings. The van der Waals surface area contributed by atoms with Crippen molar-refractivity contribution in [2.24, 2.45) is 0 Å². The minimum atomic E-state index is -0.331. The Balaban J connectivity index is 1.73. The largest absolute Gasteiger partial charge is 0.461 e. The molecular formula is C20H27N3O3. The first-order valence-corrected chi connectivity index (χ1v) is 9.66. The van der Waals surface area contributed by atoms with Crippen LogP contribution in [0, 0.1) is 6.92 Å². The number of carbonyl (C=O) groups is 1. The van der Waals surface area contributed by atoms with Gasteiger partial charge in [-0.3, -0.25) is 4.90 Å². The molecular weight excluding hydrogens is 330 g/mol. The maximum Gasteiger partial charge on any atom is 0.357 e. The van der Waals surface area contributed by atoms with Gasteiger partial charge in [-0.1, -0.05) is 0 Å². The summed E-state index contributed by atoms with van der Waals surface area (Å²) in [6, 6.07) is 0. The zero-order chi connectivity index (χ0) is 18.1. The number of fused-ring (bicyclic) bond motifs is 3. The molecule has 0 spiro atoms. The van der Waals surface area contributed by atoms with E-state index in [0.717, 1.165) is 50.3 Å². The number of aromatic amines is 1. The van der Waals surface area contributed by atoms with Crippen LogP contribution in [0.1, 0.15) is 53.0 Å². The van der Waals surface area contributed by atoms with Crippen LogP contribution in [0.25, 0.3) is 10.9 Å². The van der Waals surface area contributed by atoms with Crippen LogP contribution in [0.4, 0.5) is 0 Å². The van der Waals surface area contributed by atoms with E-state index in [1.165, 1.54) is 29.5 Å². The number of ether oxygens (including phenoxy) is 2. The van der Waals surface area contributed by atoms with Gasteiger partial charge in [0.05, 0.1) is 31.5 Å². The zero-order valence-electron chi connectivity index (χ0n) is 15.6. The second-order valence-corrected chi connectivity index (χ2v) is 7.26. The van der Waals surface area contributed by atoms with E-state index in [1.807, 2.05) is 13.8 Å². The minimum Gasteiger partial charge on any atom is -0.461 e. The Morgan fingerprint density at radius 1 is 1.42 bits per heavy atom. The van der Waals surface area contributed by atoms with E-state index < -0.39 is 0 Å². The van der Waals surface area contributed by atoms with E-state index in [9.17, 15) is 4.79 Å². The summed E-state index contributed by atoms with van der Waals surface area (Å²) in [5.74, 6) is 0.157. The molecule has 6 nitrogen and oxygen atoms in total. The molecule has 140 valence electrons. The Bertz CT molecular complexity index is 808. The molecule has 1 aliphatic carbocycles. The van der Waals surface area contributed by atoms with Crippen molar-refractivity contribution >= 4 is 16.9 Å². The molecule has 3 heterocycles. The van der Waals surface area contributed by atoms with E-state index in [2.05, 4.69) is 14.9 Å². The highest BCUT2D eigenvalue weighted by atomic mass is 16.5. The summed E-state index contributed by atoms with van der Waals surface area (Å²) in [6.07, 6.45) is 5.25. The lowest BCUT2D eigenvalue weighted by Gasteiger charge is -2.32. The Labute approximate surface area is 153 Å². The van der Waals surface area contributed by atoms with Crippen molar-refractivity contribution in [2.45, 2.75) is 39.0 Å². The van der Waals surface area contributed by atoms with Gasteiger partial charge in [-0.2, -0.15) is 0 Å². The summed E-state index contributed by atoms with van der Waals surface area (Å²) in [6.45, 7) is 8.89. The first-order valence-electron chi connectivity index (χ1n) is 9.66. The molecule has 0 amide bonds. The van der Waals surface area contributed by atoms with Crippen molar-refractivity contribution in [3.05, 3.63) is 28.7 Å². The molecule has 26 heavy (non-hydrogen) atoms. The number of H-pyrrole nitrogens is 1. The van der Waals surface area contributed by atoms with Crippen LogP contribution >= 0.6 is 0 Å². The van der Waals surface area contributed by atoms with Crippen molar-refractivity contribution < 1.29 is 14.3 Å². The van der Waals surface area contributed by atoms with E-state index >= 15 is 0 Å². The van der Waals surface area contributed by atoms with Gasteiger partial charge in [0, 0.05) is 30.7 Å². The molecule has 6 heteroatoms. The Hall–Kier alpha value is -1.92. The standard InChI is InChI=1S/C20H27N3O3/c1-3-26-20(24)19-13(2)17-16(11-21-19)22-15-6-4-5-14(18(15)17)12-23-7-9-25-10-8-23/h11,14,22H,3-10,12H2,1-2H3. The lowest BCUT2D eigenvalue weighted by atomic mass is 9.83. The number of hydrogen-bond donors (Lipinski definition) is 1. The molecule has 2 aromatic heterocycles. The van der Waals surface area contributed by atoms with E-state index in [1.54, 1.807) is 6.20 Å².